The van der Waals surface area contributed by atoms with Crippen LogP contribution in [0.25, 0.3) is 0 Å². The number of nitrogens with one attached hydrogen (secondary N) is 1. The predicted molar refractivity (Wildman–Crippen MR) is 109 cm³/mol. The van der Waals surface area contributed by atoms with Gasteiger partial charge in [-0.25, -0.2) is 14.6 Å². The lowest BCUT2D eigenvalue weighted by atomic mass is 10.2. The average Bonchev–Trinajstić information content (AvgIpc) is 3.22. The molecular weight excluding hydrogens is 399 g/mol. The molecular formula is C21H23FN8O. The number of pyridine rings is 1. The van der Waals surface area contributed by atoms with E-state index in [1.54, 1.807) is 12.4 Å². The molecule has 2 aliphatic carbocycles. The number of hydrogen-bond donors (Lipinski definition) is 1. The highest BCUT2D eigenvalue weighted by atomic mass is 19.1. The van der Waals surface area contributed by atoms with Crippen molar-refractivity contribution in [1.29, 1.82) is 0 Å². The van der Waals surface area contributed by atoms with E-state index in [1.807, 2.05) is 17.7 Å². The van der Waals surface area contributed by atoms with Gasteiger partial charge in [0.05, 0.1) is 30.8 Å². The molecule has 160 valence electrons. The molecule has 1 amide bonds. The molecule has 31 heavy (non-hydrogen) atoms. The van der Waals surface area contributed by atoms with E-state index in [0.717, 1.165) is 49.2 Å². The van der Waals surface area contributed by atoms with Crippen molar-refractivity contribution >= 4 is 11.7 Å². The first-order valence-corrected chi connectivity index (χ1v) is 10.7. The zero-order valence-electron chi connectivity index (χ0n) is 17.2. The highest BCUT2D eigenvalue weighted by Gasteiger charge is 2.45. The van der Waals surface area contributed by atoms with Gasteiger partial charge in [-0.3, -0.25) is 4.79 Å². The van der Waals surface area contributed by atoms with Crippen molar-refractivity contribution in [1.82, 2.24) is 34.8 Å². The van der Waals surface area contributed by atoms with E-state index in [4.69, 9.17) is 0 Å². The van der Waals surface area contributed by atoms with E-state index in [1.165, 1.54) is 17.3 Å². The molecule has 0 aromatic carbocycles. The molecule has 4 heterocycles. The molecule has 3 aromatic rings. The normalized spacial score (nSPS) is 23.7. The number of hydrogen-bond acceptors (Lipinski definition) is 6. The van der Waals surface area contributed by atoms with E-state index in [2.05, 4.69) is 30.5 Å². The number of rotatable bonds is 5. The molecule has 3 atom stereocenters. The SMILES string of the molecule is Cn1cnc2c1CC[C@H]2NC(=O)c1cn(Cc2ccc(N3CC4CC4C3)nc2F)nn1. The van der Waals surface area contributed by atoms with Crippen LogP contribution >= 0.6 is 0 Å². The van der Waals surface area contributed by atoms with Gasteiger partial charge in [0.2, 0.25) is 5.95 Å². The number of amides is 1. The molecule has 2 fully saturated rings. The lowest BCUT2D eigenvalue weighted by Crippen LogP contribution is -2.27. The van der Waals surface area contributed by atoms with Gasteiger partial charge in [0.25, 0.3) is 5.91 Å². The van der Waals surface area contributed by atoms with Crippen molar-refractivity contribution in [2.45, 2.75) is 31.8 Å². The Labute approximate surface area is 178 Å². The first-order chi connectivity index (χ1) is 15.0. The summed E-state index contributed by atoms with van der Waals surface area (Å²) in [5.41, 5.74) is 2.67. The number of carbonyl (C=O) groups is 1. The minimum atomic E-state index is -0.506. The summed E-state index contributed by atoms with van der Waals surface area (Å²) < 4.78 is 18.0. The molecule has 3 aromatic heterocycles. The summed E-state index contributed by atoms with van der Waals surface area (Å²) in [6, 6.07) is 3.47. The van der Waals surface area contributed by atoms with Crippen LogP contribution in [0.2, 0.25) is 0 Å². The highest BCUT2D eigenvalue weighted by molar-refractivity contribution is 5.92. The Morgan fingerprint density at radius 3 is 2.94 bits per heavy atom. The van der Waals surface area contributed by atoms with Gasteiger partial charge in [-0.1, -0.05) is 5.21 Å². The van der Waals surface area contributed by atoms with Gasteiger partial charge in [0.15, 0.2) is 5.69 Å². The zero-order valence-corrected chi connectivity index (χ0v) is 17.2. The predicted octanol–water partition coefficient (Wildman–Crippen LogP) is 1.47. The van der Waals surface area contributed by atoms with Gasteiger partial charge in [0.1, 0.15) is 5.82 Å². The van der Waals surface area contributed by atoms with Gasteiger partial charge in [-0.2, -0.15) is 4.39 Å². The monoisotopic (exact) mass is 422 g/mol. The molecule has 2 unspecified atom stereocenters. The number of nitrogens with zero attached hydrogens (tertiary/aromatic N) is 7. The fraction of sp³-hybridized carbons (Fsp3) is 0.476. The molecule has 1 N–H and O–H groups in total. The molecule has 1 aliphatic heterocycles. The average molecular weight is 422 g/mol. The van der Waals surface area contributed by atoms with Crippen LogP contribution < -0.4 is 10.2 Å². The quantitative estimate of drug-likeness (QED) is 0.626. The summed E-state index contributed by atoms with van der Waals surface area (Å²) in [4.78, 5) is 23.3. The molecule has 6 rings (SSSR count). The van der Waals surface area contributed by atoms with Crippen molar-refractivity contribution in [3.63, 3.8) is 0 Å². The summed E-state index contributed by atoms with van der Waals surface area (Å²) in [6.45, 7) is 2.11. The number of fused-ring (bicyclic) bond motifs is 2. The zero-order chi connectivity index (χ0) is 21.1. The fourth-order valence-electron chi connectivity index (χ4n) is 4.85. The fourth-order valence-corrected chi connectivity index (χ4v) is 4.85. The summed E-state index contributed by atoms with van der Waals surface area (Å²) >= 11 is 0. The van der Waals surface area contributed by atoms with E-state index < -0.39 is 5.95 Å². The van der Waals surface area contributed by atoms with Crippen LogP contribution in [0.4, 0.5) is 10.2 Å². The van der Waals surface area contributed by atoms with Crippen molar-refractivity contribution in [3.05, 3.63) is 53.2 Å². The first kappa shape index (κ1) is 18.5. The Bertz CT molecular complexity index is 1160. The number of carbonyl (C=O) groups excluding carboxylic acids is 1. The van der Waals surface area contributed by atoms with Crippen molar-refractivity contribution < 1.29 is 9.18 Å². The largest absolute Gasteiger partial charge is 0.356 e. The highest BCUT2D eigenvalue weighted by Crippen LogP contribution is 2.45. The maximum absolute atomic E-state index is 14.6. The maximum Gasteiger partial charge on any atom is 0.274 e. The van der Waals surface area contributed by atoms with E-state index >= 15 is 0 Å². The summed E-state index contributed by atoms with van der Waals surface area (Å²) in [6.07, 6.45) is 6.28. The second kappa shape index (κ2) is 6.86. The van der Waals surface area contributed by atoms with Crippen LogP contribution in [-0.4, -0.2) is 48.5 Å². The molecule has 0 spiro atoms. The first-order valence-electron chi connectivity index (χ1n) is 10.7. The topological polar surface area (TPSA) is 93.8 Å². The van der Waals surface area contributed by atoms with Gasteiger partial charge in [-0.05, 0) is 43.2 Å². The minimum absolute atomic E-state index is 0.125. The number of piperidine rings is 1. The van der Waals surface area contributed by atoms with E-state index in [0.29, 0.717) is 11.4 Å². The molecule has 9 nitrogen and oxygen atoms in total. The van der Waals surface area contributed by atoms with E-state index in [9.17, 15) is 9.18 Å². The molecule has 0 radical (unpaired) electrons. The molecule has 10 heteroatoms. The summed E-state index contributed by atoms with van der Waals surface area (Å²) in [5.74, 6) is 1.40. The van der Waals surface area contributed by atoms with Gasteiger partial charge < -0.3 is 14.8 Å². The van der Waals surface area contributed by atoms with Crippen molar-refractivity contribution in [3.8, 4) is 0 Å². The van der Waals surface area contributed by atoms with Crippen LogP contribution in [0, 0.1) is 17.8 Å². The molecule has 3 aliphatic rings. The number of aromatic nitrogens is 6. The van der Waals surface area contributed by atoms with Crippen LogP contribution in [0.1, 0.15) is 46.3 Å². The lowest BCUT2D eigenvalue weighted by Gasteiger charge is -2.19. The number of halogens is 1. The maximum atomic E-state index is 14.6. The molecule has 0 bridgehead atoms. The minimum Gasteiger partial charge on any atom is -0.356 e. The van der Waals surface area contributed by atoms with Gasteiger partial charge in [-0.15, -0.1) is 5.10 Å². The number of anilines is 1. The van der Waals surface area contributed by atoms with Crippen LogP contribution in [0.15, 0.2) is 24.7 Å². The third kappa shape index (κ3) is 3.26. The summed E-state index contributed by atoms with van der Waals surface area (Å²) in [5, 5.41) is 10.9. The van der Waals surface area contributed by atoms with E-state index in [-0.39, 0.29) is 24.2 Å². The van der Waals surface area contributed by atoms with Crippen molar-refractivity contribution in [2.24, 2.45) is 18.9 Å². The smallest absolute Gasteiger partial charge is 0.274 e. The van der Waals surface area contributed by atoms with Crippen LogP contribution in [-0.2, 0) is 20.0 Å². The number of aryl methyl sites for hydroxylation is 1. The second-order valence-corrected chi connectivity index (χ2v) is 8.83. The Hall–Kier alpha value is -3.30. The second-order valence-electron chi connectivity index (χ2n) is 8.83. The molecule has 1 saturated heterocycles. The van der Waals surface area contributed by atoms with Gasteiger partial charge >= 0.3 is 0 Å². The number of imidazole rings is 1. The Kier molecular flexibility index (Phi) is 4.09. The molecule has 1 saturated carbocycles. The lowest BCUT2D eigenvalue weighted by molar-refractivity contribution is 0.0931. The summed E-state index contributed by atoms with van der Waals surface area (Å²) in [7, 11) is 1.95. The van der Waals surface area contributed by atoms with Crippen molar-refractivity contribution in [2.75, 3.05) is 18.0 Å². The third-order valence-corrected chi connectivity index (χ3v) is 6.71. The van der Waals surface area contributed by atoms with Crippen LogP contribution in [0.3, 0.4) is 0 Å². The van der Waals surface area contributed by atoms with Gasteiger partial charge in [0, 0.05) is 31.4 Å². The third-order valence-electron chi connectivity index (χ3n) is 6.71. The Morgan fingerprint density at radius 2 is 2.13 bits per heavy atom. The van der Waals surface area contributed by atoms with Crippen LogP contribution in [0.5, 0.6) is 0 Å². The Morgan fingerprint density at radius 1 is 1.29 bits per heavy atom. The standard InChI is InChI=1S/C21H23FN8O/c1-28-11-23-19-15(3-4-17(19)28)24-21(31)16-10-30(27-26-16)9-12-2-5-18(25-20(12)22)29-7-13-6-14(13)8-29/h2,5,10-11,13-15H,3-4,6-9H2,1H3,(H,24,31)/t13?,14?,15-/m1/s1. The Balaban J connectivity index is 1.12.